The number of fused-ring (bicyclic) bond motifs is 1. The number of alkyl halides is 3. The molecule has 4 rings (SSSR count). The number of urea groups is 1. The van der Waals surface area contributed by atoms with E-state index >= 15 is 0 Å². The Hall–Kier alpha value is -3.09. The van der Waals surface area contributed by atoms with Gasteiger partial charge in [-0.3, -0.25) is 4.90 Å². The van der Waals surface area contributed by atoms with Crippen LogP contribution in [-0.4, -0.2) is 20.0 Å². The summed E-state index contributed by atoms with van der Waals surface area (Å²) in [5, 5.41) is 2.46. The number of amides is 2. The first-order valence-corrected chi connectivity index (χ1v) is 11.6. The molecule has 0 bridgehead atoms. The van der Waals surface area contributed by atoms with Crippen LogP contribution < -0.4 is 14.4 Å². The summed E-state index contributed by atoms with van der Waals surface area (Å²) in [6.45, 7) is -0.245. The third kappa shape index (κ3) is 4.60. The number of carbonyl (C=O) groups excluding carboxylic acids is 1. The van der Waals surface area contributed by atoms with E-state index in [1.54, 1.807) is 0 Å². The van der Waals surface area contributed by atoms with Crippen LogP contribution in [0.5, 0.6) is 5.75 Å². The number of para-hydroxylation sites is 1. The molecule has 0 atom stereocenters. The number of nitrogens with one attached hydrogen (secondary N) is 1. The summed E-state index contributed by atoms with van der Waals surface area (Å²) in [5.41, 5.74) is -6.34. The number of rotatable bonds is 4. The Morgan fingerprint density at radius 2 is 1.63 bits per heavy atom. The Kier molecular flexibility index (Phi) is 6.32. The molecule has 1 aliphatic heterocycles. The SMILES string of the molecule is O=C1NCc2c(-c3ccc(F)cc3F)cc(OS(=O)(=O)C(F)(F)F)cc2N1c1c(Cl)cccc1Cl. The van der Waals surface area contributed by atoms with E-state index in [1.165, 1.54) is 18.2 Å². The van der Waals surface area contributed by atoms with E-state index in [1.807, 2.05) is 0 Å². The van der Waals surface area contributed by atoms with Crippen molar-refractivity contribution in [2.75, 3.05) is 4.90 Å². The smallest absolute Gasteiger partial charge is 0.376 e. The van der Waals surface area contributed by atoms with Crippen LogP contribution in [0, 0.1) is 11.6 Å². The monoisotopic (exact) mass is 552 g/mol. The molecule has 0 saturated heterocycles. The van der Waals surface area contributed by atoms with Crippen molar-refractivity contribution in [2.24, 2.45) is 0 Å². The van der Waals surface area contributed by atoms with Crippen molar-refractivity contribution in [3.05, 3.63) is 75.8 Å². The van der Waals surface area contributed by atoms with Gasteiger partial charge in [-0.1, -0.05) is 29.3 Å². The maximum Gasteiger partial charge on any atom is 0.534 e. The average molecular weight is 553 g/mol. The zero-order chi connectivity index (χ0) is 25.7. The van der Waals surface area contributed by atoms with Gasteiger partial charge in [-0.25, -0.2) is 13.6 Å². The topological polar surface area (TPSA) is 75.7 Å². The minimum absolute atomic E-state index is 0.0238. The van der Waals surface area contributed by atoms with E-state index in [2.05, 4.69) is 9.50 Å². The summed E-state index contributed by atoms with van der Waals surface area (Å²) < 4.78 is 94.7. The van der Waals surface area contributed by atoms with Crippen molar-refractivity contribution in [3.8, 4) is 16.9 Å². The summed E-state index contributed by atoms with van der Waals surface area (Å²) in [7, 11) is -6.13. The van der Waals surface area contributed by atoms with Crippen molar-refractivity contribution in [3.63, 3.8) is 0 Å². The van der Waals surface area contributed by atoms with Gasteiger partial charge in [-0.05, 0) is 35.9 Å². The standard InChI is InChI=1S/C21H11Cl2F5N2O4S/c22-15-2-1-3-16(23)19(15)30-18-8-11(34-35(32,33)21(26,27)28)7-13(14(18)9-29-20(30)31)12-5-4-10(24)6-17(12)25/h1-8H,9H2,(H,29,31). The van der Waals surface area contributed by atoms with E-state index in [4.69, 9.17) is 23.2 Å². The van der Waals surface area contributed by atoms with Crippen LogP contribution in [-0.2, 0) is 16.7 Å². The molecule has 1 aliphatic rings. The quantitative estimate of drug-likeness (QED) is 0.227. The average Bonchev–Trinajstić information content (AvgIpc) is 2.73. The Balaban J connectivity index is 2.02. The van der Waals surface area contributed by atoms with Gasteiger partial charge in [-0.2, -0.15) is 21.6 Å². The van der Waals surface area contributed by atoms with E-state index in [0.717, 1.165) is 29.2 Å². The summed E-state index contributed by atoms with van der Waals surface area (Å²) >= 11 is 12.4. The molecule has 184 valence electrons. The summed E-state index contributed by atoms with van der Waals surface area (Å²) in [5.74, 6) is -2.91. The molecule has 0 saturated carbocycles. The number of carbonyl (C=O) groups is 1. The van der Waals surface area contributed by atoms with Crippen LogP contribution in [0.25, 0.3) is 11.1 Å². The molecule has 0 spiro atoms. The number of hydrogen-bond donors (Lipinski definition) is 1. The largest absolute Gasteiger partial charge is 0.534 e. The molecule has 14 heteroatoms. The van der Waals surface area contributed by atoms with Gasteiger partial charge in [0.2, 0.25) is 0 Å². The highest BCUT2D eigenvalue weighted by Crippen LogP contribution is 2.46. The molecule has 3 aromatic rings. The van der Waals surface area contributed by atoms with E-state index in [9.17, 15) is 35.2 Å². The molecule has 35 heavy (non-hydrogen) atoms. The maximum absolute atomic E-state index is 14.7. The van der Waals surface area contributed by atoms with Crippen molar-refractivity contribution in [1.82, 2.24) is 5.32 Å². The number of anilines is 2. The van der Waals surface area contributed by atoms with Crippen LogP contribution in [0.4, 0.5) is 38.1 Å². The predicted octanol–water partition coefficient (Wildman–Crippen LogP) is 6.53. The van der Waals surface area contributed by atoms with Crippen LogP contribution in [0.2, 0.25) is 10.0 Å². The lowest BCUT2D eigenvalue weighted by molar-refractivity contribution is -0.0500. The van der Waals surface area contributed by atoms with Gasteiger partial charge in [0.1, 0.15) is 17.4 Å². The van der Waals surface area contributed by atoms with Gasteiger partial charge in [-0.15, -0.1) is 0 Å². The fraction of sp³-hybridized carbons (Fsp3) is 0.0952. The zero-order valence-corrected chi connectivity index (χ0v) is 19.3. The van der Waals surface area contributed by atoms with E-state index < -0.39 is 39.0 Å². The van der Waals surface area contributed by atoms with Crippen LogP contribution in [0.3, 0.4) is 0 Å². The lowest BCUT2D eigenvalue weighted by Crippen LogP contribution is -2.41. The molecule has 0 fully saturated rings. The van der Waals surface area contributed by atoms with E-state index in [0.29, 0.717) is 6.07 Å². The first-order chi connectivity index (χ1) is 16.3. The number of benzene rings is 3. The highest BCUT2D eigenvalue weighted by molar-refractivity contribution is 7.88. The third-order valence-electron chi connectivity index (χ3n) is 4.93. The lowest BCUT2D eigenvalue weighted by Gasteiger charge is -2.33. The van der Waals surface area contributed by atoms with Crippen LogP contribution in [0.1, 0.15) is 5.56 Å². The molecule has 0 radical (unpaired) electrons. The Morgan fingerprint density at radius 1 is 0.971 bits per heavy atom. The molecular formula is C21H11Cl2F5N2O4S. The third-order valence-corrected chi connectivity index (χ3v) is 6.52. The van der Waals surface area contributed by atoms with E-state index in [-0.39, 0.29) is 44.7 Å². The van der Waals surface area contributed by atoms with Crippen molar-refractivity contribution < 1.29 is 39.3 Å². The number of hydrogen-bond acceptors (Lipinski definition) is 4. The van der Waals surface area contributed by atoms with Gasteiger partial charge < -0.3 is 9.50 Å². The van der Waals surface area contributed by atoms with Crippen molar-refractivity contribution >= 4 is 50.7 Å². The van der Waals surface area contributed by atoms with Gasteiger partial charge in [0.25, 0.3) is 0 Å². The molecule has 0 aromatic heterocycles. The molecule has 0 unspecified atom stereocenters. The second kappa shape index (κ2) is 8.85. The summed E-state index contributed by atoms with van der Waals surface area (Å²) in [6.07, 6.45) is 0. The highest BCUT2D eigenvalue weighted by Gasteiger charge is 2.49. The van der Waals surface area contributed by atoms with Gasteiger partial charge in [0, 0.05) is 29.8 Å². The normalized spacial score (nSPS) is 13.9. The van der Waals surface area contributed by atoms with Crippen LogP contribution >= 0.6 is 23.2 Å². The molecule has 0 aliphatic carbocycles. The van der Waals surface area contributed by atoms with Crippen molar-refractivity contribution in [1.29, 1.82) is 0 Å². The molecule has 1 heterocycles. The van der Waals surface area contributed by atoms with Crippen molar-refractivity contribution in [2.45, 2.75) is 12.1 Å². The molecule has 2 amide bonds. The number of halogens is 7. The first kappa shape index (κ1) is 25.0. The molecule has 1 N–H and O–H groups in total. The Morgan fingerprint density at radius 3 is 2.23 bits per heavy atom. The molecule has 6 nitrogen and oxygen atoms in total. The zero-order valence-electron chi connectivity index (χ0n) is 17.0. The van der Waals surface area contributed by atoms with Crippen LogP contribution in [0.15, 0.2) is 48.5 Å². The Labute approximate surface area is 204 Å². The molecular weight excluding hydrogens is 542 g/mol. The summed E-state index contributed by atoms with van der Waals surface area (Å²) in [6, 6.07) is 7.56. The van der Waals surface area contributed by atoms with Gasteiger partial charge in [0.05, 0.1) is 21.4 Å². The minimum atomic E-state index is -6.13. The minimum Gasteiger partial charge on any atom is -0.376 e. The maximum atomic E-state index is 14.7. The Bertz CT molecular complexity index is 1440. The van der Waals surface area contributed by atoms with Gasteiger partial charge in [0.15, 0.2) is 0 Å². The highest BCUT2D eigenvalue weighted by atomic mass is 35.5. The van der Waals surface area contributed by atoms with Gasteiger partial charge >= 0.3 is 21.7 Å². The fourth-order valence-electron chi connectivity index (χ4n) is 3.46. The lowest BCUT2D eigenvalue weighted by atomic mass is 9.95. The second-order valence-electron chi connectivity index (χ2n) is 7.14. The second-order valence-corrected chi connectivity index (χ2v) is 9.49. The first-order valence-electron chi connectivity index (χ1n) is 9.45. The predicted molar refractivity (Wildman–Crippen MR) is 118 cm³/mol. The summed E-state index contributed by atoms with van der Waals surface area (Å²) in [4.78, 5) is 13.7. The fourth-order valence-corrected chi connectivity index (χ4v) is 4.47. The number of nitrogens with zero attached hydrogens (tertiary/aromatic N) is 1. The molecule has 3 aromatic carbocycles.